The molecule has 0 radical (unpaired) electrons. The van der Waals surface area contributed by atoms with Crippen LogP contribution in [0.2, 0.25) is 0 Å². The number of hydrogen-bond acceptors (Lipinski definition) is 6. The van der Waals surface area contributed by atoms with Gasteiger partial charge in [-0.15, -0.1) is 0 Å². The van der Waals surface area contributed by atoms with E-state index >= 15 is 0 Å². The van der Waals surface area contributed by atoms with Crippen molar-refractivity contribution in [1.29, 1.82) is 0 Å². The fourth-order valence-electron chi connectivity index (χ4n) is 2.31. The van der Waals surface area contributed by atoms with Crippen molar-refractivity contribution in [3.05, 3.63) is 36.9 Å². The molecule has 0 spiro atoms. The Morgan fingerprint density at radius 2 is 1.95 bits per heavy atom. The van der Waals surface area contributed by atoms with Crippen molar-refractivity contribution in [2.45, 2.75) is 12.5 Å². The largest absolute Gasteiger partial charge is 0.497 e. The first-order valence-corrected chi connectivity index (χ1v) is 6.59. The highest BCUT2D eigenvalue weighted by molar-refractivity contribution is 5.96. The quantitative estimate of drug-likeness (QED) is 0.906. The molecule has 0 saturated carbocycles. The van der Waals surface area contributed by atoms with Gasteiger partial charge in [-0.05, 0) is 24.3 Å². The lowest BCUT2D eigenvalue weighted by Crippen LogP contribution is -2.28. The molecular formula is C14H15N5O2. The van der Waals surface area contributed by atoms with Crippen molar-refractivity contribution in [2.75, 3.05) is 23.9 Å². The minimum atomic E-state index is -0.0120. The first-order valence-electron chi connectivity index (χ1n) is 6.59. The fraction of sp³-hybridized carbons (Fsp3) is 0.286. The van der Waals surface area contributed by atoms with Crippen molar-refractivity contribution in [1.82, 2.24) is 15.0 Å². The normalized spacial score (nSPS) is 17.9. The average Bonchev–Trinajstić information content (AvgIpc) is 2.89. The second-order valence-corrected chi connectivity index (χ2v) is 4.71. The van der Waals surface area contributed by atoms with Crippen LogP contribution in [-0.4, -0.2) is 40.6 Å². The highest BCUT2D eigenvalue weighted by atomic mass is 16.5. The van der Waals surface area contributed by atoms with E-state index in [1.807, 2.05) is 24.3 Å². The van der Waals surface area contributed by atoms with E-state index in [1.54, 1.807) is 12.0 Å². The molecule has 0 bridgehead atoms. The number of carbonyl (C=O) groups excluding carboxylic acids is 1. The van der Waals surface area contributed by atoms with E-state index in [1.165, 1.54) is 12.7 Å². The molecule has 1 aliphatic heterocycles. The lowest BCUT2D eigenvalue weighted by atomic mass is 10.2. The third-order valence-electron chi connectivity index (χ3n) is 3.34. The van der Waals surface area contributed by atoms with E-state index in [-0.39, 0.29) is 11.9 Å². The summed E-state index contributed by atoms with van der Waals surface area (Å²) < 4.78 is 5.12. The van der Waals surface area contributed by atoms with E-state index in [0.717, 1.165) is 11.4 Å². The smallest absolute Gasteiger partial charge is 0.229 e. The summed E-state index contributed by atoms with van der Waals surface area (Å²) in [5.74, 6) is 1.33. The Balaban J connectivity index is 1.69. The van der Waals surface area contributed by atoms with E-state index < -0.39 is 0 Å². The zero-order valence-corrected chi connectivity index (χ0v) is 11.6. The molecule has 1 amide bonds. The van der Waals surface area contributed by atoms with Gasteiger partial charge in [0.25, 0.3) is 0 Å². The second kappa shape index (κ2) is 5.74. The molecule has 1 fully saturated rings. The molecular weight excluding hydrogens is 270 g/mol. The van der Waals surface area contributed by atoms with Gasteiger partial charge >= 0.3 is 0 Å². The average molecular weight is 285 g/mol. The number of methoxy groups -OCH3 is 1. The number of rotatable bonds is 4. The van der Waals surface area contributed by atoms with Crippen LogP contribution < -0.4 is 15.0 Å². The van der Waals surface area contributed by atoms with Gasteiger partial charge < -0.3 is 15.0 Å². The molecule has 108 valence electrons. The Morgan fingerprint density at radius 1 is 1.24 bits per heavy atom. The van der Waals surface area contributed by atoms with Crippen molar-refractivity contribution < 1.29 is 9.53 Å². The predicted octanol–water partition coefficient (Wildman–Crippen LogP) is 1.10. The van der Waals surface area contributed by atoms with Crippen LogP contribution in [0.3, 0.4) is 0 Å². The first kappa shape index (κ1) is 13.3. The molecule has 2 aromatic rings. The third kappa shape index (κ3) is 2.91. The fourth-order valence-corrected chi connectivity index (χ4v) is 2.31. The van der Waals surface area contributed by atoms with Crippen molar-refractivity contribution in [3.8, 4) is 5.75 Å². The predicted molar refractivity (Wildman–Crippen MR) is 77.2 cm³/mol. The molecule has 1 aromatic heterocycles. The van der Waals surface area contributed by atoms with Crippen LogP contribution in [0.4, 0.5) is 11.6 Å². The summed E-state index contributed by atoms with van der Waals surface area (Å²) in [6, 6.07) is 7.43. The third-order valence-corrected chi connectivity index (χ3v) is 3.34. The second-order valence-electron chi connectivity index (χ2n) is 4.71. The van der Waals surface area contributed by atoms with Crippen LogP contribution in [-0.2, 0) is 4.79 Å². The summed E-state index contributed by atoms with van der Waals surface area (Å²) >= 11 is 0. The van der Waals surface area contributed by atoms with Crippen LogP contribution in [0.15, 0.2) is 36.9 Å². The highest BCUT2D eigenvalue weighted by Gasteiger charge is 2.30. The molecule has 1 atom stereocenters. The van der Waals surface area contributed by atoms with Gasteiger partial charge in [0.1, 0.15) is 18.4 Å². The summed E-state index contributed by atoms with van der Waals surface area (Å²) in [4.78, 5) is 25.7. The molecule has 3 rings (SSSR count). The van der Waals surface area contributed by atoms with Gasteiger partial charge in [0.05, 0.1) is 13.2 Å². The van der Waals surface area contributed by atoms with E-state index in [0.29, 0.717) is 18.9 Å². The standard InChI is InChI=1S/C14H15N5O2/c1-21-12-4-2-11(3-5-12)19-7-10(6-13(19)20)18-14-16-8-15-9-17-14/h2-5,8-10H,6-7H2,1H3,(H,15,16,17,18)/t10-/m0/s1. The maximum Gasteiger partial charge on any atom is 0.229 e. The number of nitrogens with zero attached hydrogens (tertiary/aromatic N) is 4. The molecule has 2 heterocycles. The molecule has 1 aliphatic rings. The van der Waals surface area contributed by atoms with Crippen LogP contribution in [0.5, 0.6) is 5.75 Å². The van der Waals surface area contributed by atoms with Gasteiger partial charge in [-0.1, -0.05) is 0 Å². The molecule has 0 unspecified atom stereocenters. The Labute approximate surface area is 122 Å². The Hall–Kier alpha value is -2.70. The van der Waals surface area contributed by atoms with Crippen molar-refractivity contribution >= 4 is 17.5 Å². The van der Waals surface area contributed by atoms with E-state index in [4.69, 9.17) is 4.74 Å². The Bertz CT molecular complexity index is 617. The molecule has 7 heteroatoms. The van der Waals surface area contributed by atoms with Gasteiger partial charge in [0.15, 0.2) is 0 Å². The molecule has 21 heavy (non-hydrogen) atoms. The van der Waals surface area contributed by atoms with Gasteiger partial charge in [-0.25, -0.2) is 15.0 Å². The minimum Gasteiger partial charge on any atom is -0.497 e. The summed E-state index contributed by atoms with van der Waals surface area (Å²) in [5, 5.41) is 3.14. The van der Waals surface area contributed by atoms with E-state index in [2.05, 4.69) is 20.3 Å². The maximum atomic E-state index is 12.1. The summed E-state index contributed by atoms with van der Waals surface area (Å²) in [6.07, 6.45) is 3.26. The lowest BCUT2D eigenvalue weighted by molar-refractivity contribution is -0.117. The van der Waals surface area contributed by atoms with Crippen molar-refractivity contribution in [3.63, 3.8) is 0 Å². The first-order chi connectivity index (χ1) is 10.3. The lowest BCUT2D eigenvalue weighted by Gasteiger charge is -2.17. The zero-order valence-electron chi connectivity index (χ0n) is 11.6. The molecule has 7 nitrogen and oxygen atoms in total. The number of benzene rings is 1. The SMILES string of the molecule is COc1ccc(N2C[C@@H](Nc3ncncn3)CC2=O)cc1. The molecule has 1 aromatic carbocycles. The Kier molecular flexibility index (Phi) is 3.63. The topological polar surface area (TPSA) is 80.2 Å². The van der Waals surface area contributed by atoms with Crippen molar-refractivity contribution in [2.24, 2.45) is 0 Å². The van der Waals surface area contributed by atoms with Crippen LogP contribution in [0.1, 0.15) is 6.42 Å². The van der Waals surface area contributed by atoms with E-state index in [9.17, 15) is 4.79 Å². The number of aromatic nitrogens is 3. The monoisotopic (exact) mass is 285 g/mol. The highest BCUT2D eigenvalue weighted by Crippen LogP contribution is 2.24. The molecule has 1 N–H and O–H groups in total. The summed E-state index contributed by atoms with van der Waals surface area (Å²) in [5.41, 5.74) is 0.862. The zero-order chi connectivity index (χ0) is 14.7. The number of amides is 1. The van der Waals surface area contributed by atoms with Gasteiger partial charge in [0.2, 0.25) is 11.9 Å². The van der Waals surface area contributed by atoms with Gasteiger partial charge in [-0.3, -0.25) is 4.79 Å². The maximum absolute atomic E-state index is 12.1. The summed E-state index contributed by atoms with van der Waals surface area (Å²) in [7, 11) is 1.62. The van der Waals surface area contributed by atoms with Crippen LogP contribution >= 0.6 is 0 Å². The minimum absolute atomic E-state index is 0.0120. The Morgan fingerprint density at radius 3 is 2.62 bits per heavy atom. The number of anilines is 2. The number of carbonyl (C=O) groups is 1. The molecule has 0 aliphatic carbocycles. The number of hydrogen-bond donors (Lipinski definition) is 1. The van der Waals surface area contributed by atoms with Crippen LogP contribution in [0.25, 0.3) is 0 Å². The van der Waals surface area contributed by atoms with Crippen LogP contribution in [0, 0.1) is 0 Å². The number of ether oxygens (including phenoxy) is 1. The molecule has 1 saturated heterocycles. The number of nitrogens with one attached hydrogen (secondary N) is 1. The summed E-state index contributed by atoms with van der Waals surface area (Å²) in [6.45, 7) is 0.580. The van der Waals surface area contributed by atoms with Gasteiger partial charge in [0, 0.05) is 18.7 Å². The van der Waals surface area contributed by atoms with Gasteiger partial charge in [-0.2, -0.15) is 0 Å².